The summed E-state index contributed by atoms with van der Waals surface area (Å²) in [5.41, 5.74) is 14.1. The predicted octanol–water partition coefficient (Wildman–Crippen LogP) is 14.4. The van der Waals surface area contributed by atoms with E-state index in [4.69, 9.17) is 15.0 Å². The average Bonchev–Trinajstić information content (AvgIpc) is 3.87. The Labute approximate surface area is 358 Å². The average molecular weight is 792 g/mol. The van der Waals surface area contributed by atoms with Crippen LogP contribution in [-0.2, 0) is 0 Å². The number of benzene rings is 9. The van der Waals surface area contributed by atoms with E-state index in [1.165, 1.54) is 38.1 Å². The molecule has 0 unspecified atom stereocenters. The molecular formula is C57H37N5. The van der Waals surface area contributed by atoms with Crippen LogP contribution in [-0.4, -0.2) is 24.1 Å². The first-order chi connectivity index (χ1) is 30.7. The third-order valence-electron chi connectivity index (χ3n) is 11.9. The van der Waals surface area contributed by atoms with Gasteiger partial charge < -0.3 is 9.13 Å². The van der Waals surface area contributed by atoms with Crippen molar-refractivity contribution in [3.63, 3.8) is 0 Å². The quantitative estimate of drug-likeness (QED) is 0.162. The van der Waals surface area contributed by atoms with Crippen LogP contribution < -0.4 is 0 Å². The highest BCUT2D eigenvalue weighted by Crippen LogP contribution is 2.40. The fourth-order valence-electron chi connectivity index (χ4n) is 9.04. The second-order valence-electron chi connectivity index (χ2n) is 15.7. The third kappa shape index (κ3) is 6.06. The Morgan fingerprint density at radius 3 is 1.29 bits per heavy atom. The van der Waals surface area contributed by atoms with E-state index < -0.39 is 0 Å². The summed E-state index contributed by atoms with van der Waals surface area (Å²) in [6.45, 7) is 0. The summed E-state index contributed by atoms with van der Waals surface area (Å²) in [6.07, 6.45) is 0. The molecule has 5 heteroatoms. The van der Waals surface area contributed by atoms with Crippen molar-refractivity contribution in [2.24, 2.45) is 0 Å². The summed E-state index contributed by atoms with van der Waals surface area (Å²) in [6, 6.07) is 79.4. The summed E-state index contributed by atoms with van der Waals surface area (Å²) in [7, 11) is 0. The third-order valence-corrected chi connectivity index (χ3v) is 11.9. The Kier molecular flexibility index (Phi) is 8.42. The maximum Gasteiger partial charge on any atom is 0.164 e. The van der Waals surface area contributed by atoms with Gasteiger partial charge in [-0.05, 0) is 82.9 Å². The Morgan fingerprint density at radius 2 is 0.661 bits per heavy atom. The molecule has 0 N–H and O–H groups in total. The van der Waals surface area contributed by atoms with Crippen molar-refractivity contribution in [1.82, 2.24) is 24.1 Å². The van der Waals surface area contributed by atoms with Crippen molar-refractivity contribution in [2.45, 2.75) is 0 Å². The first-order valence-corrected chi connectivity index (χ1v) is 20.9. The first-order valence-electron chi connectivity index (χ1n) is 20.9. The van der Waals surface area contributed by atoms with E-state index in [0.717, 1.165) is 55.8 Å². The fraction of sp³-hybridized carbons (Fsp3) is 0. The molecule has 9 aromatic carbocycles. The smallest absolute Gasteiger partial charge is 0.164 e. The van der Waals surface area contributed by atoms with Crippen LogP contribution >= 0.6 is 0 Å². The Morgan fingerprint density at radius 1 is 0.226 bits per heavy atom. The molecule has 0 amide bonds. The summed E-state index contributed by atoms with van der Waals surface area (Å²) in [5.74, 6) is 1.88. The highest BCUT2D eigenvalue weighted by Gasteiger charge is 2.19. The van der Waals surface area contributed by atoms with Gasteiger partial charge in [0.1, 0.15) is 0 Å². The zero-order chi connectivity index (χ0) is 41.0. The summed E-state index contributed by atoms with van der Waals surface area (Å²) in [4.78, 5) is 15.3. The number of nitrogens with zero attached hydrogens (tertiary/aromatic N) is 5. The van der Waals surface area contributed by atoms with Gasteiger partial charge in [0.05, 0.1) is 22.1 Å². The van der Waals surface area contributed by atoms with Crippen molar-refractivity contribution < 1.29 is 0 Å². The largest absolute Gasteiger partial charge is 0.309 e. The predicted molar refractivity (Wildman–Crippen MR) is 256 cm³/mol. The Bertz CT molecular complexity index is 3550. The van der Waals surface area contributed by atoms with Crippen molar-refractivity contribution in [3.05, 3.63) is 224 Å². The highest BCUT2D eigenvalue weighted by molar-refractivity contribution is 6.12. The second-order valence-corrected chi connectivity index (χ2v) is 15.7. The lowest BCUT2D eigenvalue weighted by Crippen LogP contribution is -2.01. The molecule has 62 heavy (non-hydrogen) atoms. The van der Waals surface area contributed by atoms with Gasteiger partial charge in [-0.1, -0.05) is 164 Å². The number of hydrogen-bond donors (Lipinski definition) is 0. The van der Waals surface area contributed by atoms with Gasteiger partial charge in [0.25, 0.3) is 0 Å². The van der Waals surface area contributed by atoms with Crippen LogP contribution in [0.2, 0.25) is 0 Å². The molecule has 290 valence electrons. The van der Waals surface area contributed by atoms with Gasteiger partial charge in [0.15, 0.2) is 17.5 Å². The summed E-state index contributed by atoms with van der Waals surface area (Å²) in [5, 5.41) is 4.86. The van der Waals surface area contributed by atoms with E-state index in [0.29, 0.717) is 17.5 Å². The number of aromatic nitrogens is 5. The molecule has 0 atom stereocenters. The maximum absolute atomic E-state index is 5.15. The van der Waals surface area contributed by atoms with Crippen LogP contribution in [0.5, 0.6) is 0 Å². The molecule has 0 spiro atoms. The van der Waals surface area contributed by atoms with Crippen LogP contribution in [0.4, 0.5) is 0 Å². The zero-order valence-electron chi connectivity index (χ0n) is 33.6. The number of fused-ring (bicyclic) bond motifs is 6. The number of para-hydroxylation sites is 3. The molecule has 12 aromatic rings. The summed E-state index contributed by atoms with van der Waals surface area (Å²) >= 11 is 0. The molecule has 0 saturated carbocycles. The summed E-state index contributed by atoms with van der Waals surface area (Å²) < 4.78 is 4.77. The van der Waals surface area contributed by atoms with Crippen molar-refractivity contribution >= 4 is 43.6 Å². The van der Waals surface area contributed by atoms with E-state index in [2.05, 4.69) is 173 Å². The van der Waals surface area contributed by atoms with Crippen molar-refractivity contribution in [2.75, 3.05) is 0 Å². The van der Waals surface area contributed by atoms with Gasteiger partial charge in [0.2, 0.25) is 0 Å². The minimum Gasteiger partial charge on any atom is -0.309 e. The van der Waals surface area contributed by atoms with E-state index in [-0.39, 0.29) is 0 Å². The van der Waals surface area contributed by atoms with E-state index in [1.54, 1.807) is 0 Å². The van der Waals surface area contributed by atoms with E-state index in [1.807, 2.05) is 60.7 Å². The highest BCUT2D eigenvalue weighted by atomic mass is 15.0. The first kappa shape index (κ1) is 35.5. The van der Waals surface area contributed by atoms with Gasteiger partial charge in [-0.25, -0.2) is 15.0 Å². The molecule has 0 aliphatic heterocycles. The second kappa shape index (κ2) is 14.7. The van der Waals surface area contributed by atoms with Crippen LogP contribution in [0.3, 0.4) is 0 Å². The molecule has 0 aliphatic carbocycles. The topological polar surface area (TPSA) is 48.5 Å². The normalized spacial score (nSPS) is 11.5. The monoisotopic (exact) mass is 791 g/mol. The van der Waals surface area contributed by atoms with Gasteiger partial charge in [-0.15, -0.1) is 0 Å². The molecule has 0 saturated heterocycles. The van der Waals surface area contributed by atoms with Crippen molar-refractivity contribution in [3.8, 4) is 67.8 Å². The van der Waals surface area contributed by atoms with Gasteiger partial charge >= 0.3 is 0 Å². The maximum atomic E-state index is 5.15. The van der Waals surface area contributed by atoms with Crippen LogP contribution in [0.1, 0.15) is 0 Å². The molecule has 0 radical (unpaired) electrons. The standard InChI is InChI=1S/C57H37N5/c1-5-17-38(18-6-1)43-33-44(57-59-55(39-19-7-2-8-20-39)58-56(60-57)40-21-9-3-10-22-40)35-46(34-43)62-52-28-16-14-26-48(52)50-36-41(30-32-53(50)62)42-29-31-49-47-25-13-15-27-51(47)61(54(49)37-42)45-23-11-4-12-24-45/h1-37H. The Hall–Kier alpha value is -8.41. The van der Waals surface area contributed by atoms with E-state index >= 15 is 0 Å². The van der Waals surface area contributed by atoms with Gasteiger partial charge in [0, 0.05) is 49.6 Å². The molecule has 0 fully saturated rings. The van der Waals surface area contributed by atoms with Gasteiger partial charge in [-0.3, -0.25) is 0 Å². The molecule has 0 bridgehead atoms. The van der Waals surface area contributed by atoms with Gasteiger partial charge in [-0.2, -0.15) is 0 Å². The minimum atomic E-state index is 0.614. The molecule has 0 aliphatic rings. The molecule has 3 heterocycles. The minimum absolute atomic E-state index is 0.614. The lowest BCUT2D eigenvalue weighted by molar-refractivity contribution is 1.07. The molecular weight excluding hydrogens is 755 g/mol. The molecule has 12 rings (SSSR count). The van der Waals surface area contributed by atoms with Crippen LogP contribution in [0.15, 0.2) is 224 Å². The fourth-order valence-corrected chi connectivity index (χ4v) is 9.04. The number of rotatable bonds is 7. The van der Waals surface area contributed by atoms with Crippen LogP contribution in [0.25, 0.3) is 111 Å². The van der Waals surface area contributed by atoms with E-state index in [9.17, 15) is 0 Å². The number of hydrogen-bond acceptors (Lipinski definition) is 3. The van der Waals surface area contributed by atoms with Crippen LogP contribution in [0, 0.1) is 0 Å². The van der Waals surface area contributed by atoms with Crippen molar-refractivity contribution in [1.29, 1.82) is 0 Å². The lowest BCUT2D eigenvalue weighted by Gasteiger charge is -2.14. The lowest BCUT2D eigenvalue weighted by atomic mass is 10.0. The molecule has 3 aromatic heterocycles. The Balaban J connectivity index is 1.06. The zero-order valence-corrected chi connectivity index (χ0v) is 33.6. The SMILES string of the molecule is c1ccc(-c2cc(-c3nc(-c4ccccc4)nc(-c4ccccc4)n3)cc(-n3c4ccccc4c4cc(-c5ccc6c7ccccc7n(-c7ccccc7)c6c5)ccc43)c2)cc1. The molecule has 5 nitrogen and oxygen atoms in total.